The monoisotopic (exact) mass is 454 g/mol. The molecule has 108 valence electrons. The maximum absolute atomic E-state index is 11.7. The molecule has 0 bridgehead atoms. The third kappa shape index (κ3) is 3.14. The molecule has 0 spiro atoms. The first-order chi connectivity index (χ1) is 9.54. The Morgan fingerprint density at radius 1 is 1.40 bits per heavy atom. The van der Waals surface area contributed by atoms with Crippen molar-refractivity contribution in [2.24, 2.45) is 0 Å². The molecule has 1 aliphatic rings. The van der Waals surface area contributed by atoms with Crippen LogP contribution in [0.5, 0.6) is 0 Å². The first-order valence-corrected chi connectivity index (χ1v) is 9.41. The molecule has 0 amide bonds. The van der Waals surface area contributed by atoms with E-state index in [4.69, 9.17) is 10.9 Å². The summed E-state index contributed by atoms with van der Waals surface area (Å²) in [6.07, 6.45) is 0. The summed E-state index contributed by atoms with van der Waals surface area (Å²) in [6.45, 7) is 3.63. The van der Waals surface area contributed by atoms with Gasteiger partial charge < -0.3 is 0 Å². The van der Waals surface area contributed by atoms with Crippen molar-refractivity contribution in [3.63, 3.8) is 0 Å². The van der Waals surface area contributed by atoms with Crippen LogP contribution >= 0.6 is 36.6 Å². The standard InChI is InChI=1S/C13H12BrIO5/c1-3-18-13(17)11(14)8(2)19-15-10-7-5-4-6-9(10)12(16)20-15/h4-7H,3H2,1-2H3/b11-8+. The summed E-state index contributed by atoms with van der Waals surface area (Å²) in [5, 5.41) is 0. The summed E-state index contributed by atoms with van der Waals surface area (Å²) in [4.78, 5) is 23.3. The van der Waals surface area contributed by atoms with Crippen LogP contribution in [0.3, 0.4) is 0 Å². The van der Waals surface area contributed by atoms with Crippen LogP contribution in [0.1, 0.15) is 24.2 Å². The third-order valence-corrected chi connectivity index (χ3v) is 6.98. The molecule has 0 aliphatic carbocycles. The van der Waals surface area contributed by atoms with Crippen LogP contribution in [0.15, 0.2) is 34.5 Å². The van der Waals surface area contributed by atoms with Gasteiger partial charge in [-0.3, -0.25) is 0 Å². The molecule has 20 heavy (non-hydrogen) atoms. The molecule has 1 heterocycles. The maximum atomic E-state index is 11.7. The molecule has 0 N–H and O–H groups in total. The molecule has 1 aromatic carbocycles. The van der Waals surface area contributed by atoms with Gasteiger partial charge in [0.1, 0.15) is 0 Å². The molecule has 2 rings (SSSR count). The molecule has 1 aliphatic heterocycles. The summed E-state index contributed by atoms with van der Waals surface area (Å²) in [7, 11) is 0. The number of ether oxygens (including phenoxy) is 1. The van der Waals surface area contributed by atoms with E-state index in [-0.39, 0.29) is 17.1 Å². The Hall–Kier alpha value is -1.09. The SMILES string of the molecule is CCOC(=O)/C(Br)=C(/C)OI1OC(=O)c2ccccc21. The summed E-state index contributed by atoms with van der Waals surface area (Å²) in [6, 6.07) is 7.12. The molecule has 0 fully saturated rings. The Morgan fingerprint density at radius 2 is 2.10 bits per heavy atom. The fourth-order valence-corrected chi connectivity index (χ4v) is 5.30. The number of allylic oxidation sites excluding steroid dienone is 1. The van der Waals surface area contributed by atoms with Crippen molar-refractivity contribution in [3.8, 4) is 0 Å². The molecule has 0 radical (unpaired) electrons. The molecule has 0 saturated carbocycles. The van der Waals surface area contributed by atoms with Crippen LogP contribution < -0.4 is 0 Å². The van der Waals surface area contributed by atoms with Gasteiger partial charge in [0.15, 0.2) is 0 Å². The van der Waals surface area contributed by atoms with E-state index < -0.39 is 26.6 Å². The second kappa shape index (κ2) is 6.57. The van der Waals surface area contributed by atoms with Gasteiger partial charge in [-0.1, -0.05) is 0 Å². The van der Waals surface area contributed by atoms with Crippen molar-refractivity contribution in [2.45, 2.75) is 13.8 Å². The van der Waals surface area contributed by atoms with Gasteiger partial charge in [-0.2, -0.15) is 0 Å². The molecule has 5 nitrogen and oxygen atoms in total. The van der Waals surface area contributed by atoms with Gasteiger partial charge in [0.05, 0.1) is 0 Å². The fraction of sp³-hybridized carbons (Fsp3) is 0.231. The predicted molar refractivity (Wildman–Crippen MR) is 83.9 cm³/mol. The molecular formula is C13H12BrIO5. The van der Waals surface area contributed by atoms with Crippen molar-refractivity contribution in [1.29, 1.82) is 0 Å². The molecular weight excluding hydrogens is 443 g/mol. The first-order valence-electron chi connectivity index (χ1n) is 5.78. The van der Waals surface area contributed by atoms with Crippen LogP contribution in [-0.4, -0.2) is 18.5 Å². The number of carbonyl (C=O) groups is 2. The van der Waals surface area contributed by atoms with Gasteiger partial charge in [0.2, 0.25) is 0 Å². The number of fused-ring (bicyclic) bond motifs is 1. The quantitative estimate of drug-likeness (QED) is 0.301. The van der Waals surface area contributed by atoms with Crippen LogP contribution in [0.25, 0.3) is 0 Å². The number of hydrogen-bond acceptors (Lipinski definition) is 5. The van der Waals surface area contributed by atoms with Gasteiger partial charge in [0.25, 0.3) is 0 Å². The average Bonchev–Trinajstić information content (AvgIpc) is 2.75. The number of hydrogen-bond donors (Lipinski definition) is 0. The van der Waals surface area contributed by atoms with Gasteiger partial charge in [-0.25, -0.2) is 0 Å². The Morgan fingerprint density at radius 3 is 2.80 bits per heavy atom. The first kappa shape index (κ1) is 15.3. The number of rotatable bonds is 4. The number of benzene rings is 1. The van der Waals surface area contributed by atoms with Gasteiger partial charge in [-0.05, 0) is 0 Å². The van der Waals surface area contributed by atoms with Crippen molar-refractivity contribution in [3.05, 3.63) is 43.6 Å². The average molecular weight is 455 g/mol. The zero-order chi connectivity index (χ0) is 14.7. The number of halogens is 2. The van der Waals surface area contributed by atoms with E-state index in [1.807, 2.05) is 12.1 Å². The molecule has 0 atom stereocenters. The number of carbonyl (C=O) groups excluding carboxylic acids is 2. The second-order valence-corrected chi connectivity index (χ2v) is 7.81. The van der Waals surface area contributed by atoms with E-state index in [9.17, 15) is 9.59 Å². The normalized spacial score (nSPS) is 16.1. The summed E-state index contributed by atoms with van der Waals surface area (Å²) < 4.78 is 16.8. The Kier molecular flexibility index (Phi) is 5.03. The van der Waals surface area contributed by atoms with Crippen LogP contribution in [-0.2, 0) is 15.7 Å². The van der Waals surface area contributed by atoms with E-state index in [1.54, 1.807) is 26.0 Å². The summed E-state index contributed by atoms with van der Waals surface area (Å²) in [5.41, 5.74) is 0.540. The van der Waals surface area contributed by atoms with Gasteiger partial charge in [-0.15, -0.1) is 0 Å². The van der Waals surface area contributed by atoms with Crippen molar-refractivity contribution < 1.29 is 20.5 Å². The minimum absolute atomic E-state index is 0.206. The fourth-order valence-electron chi connectivity index (χ4n) is 1.44. The molecule has 7 heteroatoms. The molecule has 0 unspecified atom stereocenters. The molecule has 0 aromatic heterocycles. The van der Waals surface area contributed by atoms with E-state index >= 15 is 0 Å². The predicted octanol–water partition coefficient (Wildman–Crippen LogP) is 3.57. The topological polar surface area (TPSA) is 61.8 Å². The Bertz CT molecular complexity index is 584. The Balaban J connectivity index is 2.18. The van der Waals surface area contributed by atoms with Crippen LogP contribution in [0, 0.1) is 3.57 Å². The zero-order valence-corrected chi connectivity index (χ0v) is 14.6. The second-order valence-electron chi connectivity index (χ2n) is 3.73. The molecule has 1 aromatic rings. The van der Waals surface area contributed by atoms with E-state index in [2.05, 4.69) is 15.9 Å². The van der Waals surface area contributed by atoms with Crippen LogP contribution in [0.2, 0.25) is 0 Å². The van der Waals surface area contributed by atoms with E-state index in [0.717, 1.165) is 3.57 Å². The molecule has 0 saturated heterocycles. The van der Waals surface area contributed by atoms with E-state index in [0.29, 0.717) is 11.3 Å². The van der Waals surface area contributed by atoms with Crippen molar-refractivity contribution >= 4 is 48.5 Å². The van der Waals surface area contributed by atoms with Gasteiger partial charge >= 0.3 is 133 Å². The summed E-state index contributed by atoms with van der Waals surface area (Å²) in [5.74, 6) is -0.510. The number of esters is 1. The van der Waals surface area contributed by atoms with E-state index in [1.165, 1.54) is 0 Å². The van der Waals surface area contributed by atoms with Crippen LogP contribution in [0.4, 0.5) is 0 Å². The summed E-state index contributed by atoms with van der Waals surface area (Å²) >= 11 is 0.587. The van der Waals surface area contributed by atoms with Crippen molar-refractivity contribution in [2.75, 3.05) is 6.61 Å². The van der Waals surface area contributed by atoms with Crippen molar-refractivity contribution in [1.82, 2.24) is 0 Å². The Labute approximate surface area is 132 Å². The third-order valence-electron chi connectivity index (χ3n) is 2.35. The zero-order valence-electron chi connectivity index (χ0n) is 10.8. The van der Waals surface area contributed by atoms with Gasteiger partial charge in [0, 0.05) is 0 Å². The minimum atomic E-state index is -2.55.